The van der Waals surface area contributed by atoms with Crippen LogP contribution in [0.4, 0.5) is 9.93 Å². The molecule has 8 heteroatoms. The van der Waals surface area contributed by atoms with Crippen molar-refractivity contribution in [2.45, 2.75) is 6.61 Å². The Kier molecular flexibility index (Phi) is 5.44. The average molecular weight is 425 g/mol. The van der Waals surface area contributed by atoms with Gasteiger partial charge in [-0.2, -0.15) is 0 Å². The van der Waals surface area contributed by atoms with Gasteiger partial charge in [-0.15, -0.1) is 10.2 Å². The van der Waals surface area contributed by atoms with Crippen molar-refractivity contribution in [2.75, 3.05) is 5.32 Å². The minimum atomic E-state index is -0.572. The Labute approximate surface area is 155 Å². The molecule has 0 unspecified atom stereocenters. The van der Waals surface area contributed by atoms with E-state index in [-0.39, 0.29) is 6.61 Å². The standard InChI is InChI=1S/C16H11BrClN3O2S/c17-13-8-11(18)6-7-12(13)14-20-21-15(24-14)19-16(22)23-9-10-4-2-1-3-5-10/h1-8H,9H2,(H,19,21,22). The fraction of sp³-hybridized carbons (Fsp3) is 0.0625. The molecule has 0 aliphatic heterocycles. The molecule has 5 nitrogen and oxygen atoms in total. The maximum Gasteiger partial charge on any atom is 0.413 e. The lowest BCUT2D eigenvalue weighted by Gasteiger charge is -2.04. The summed E-state index contributed by atoms with van der Waals surface area (Å²) in [6, 6.07) is 14.8. The Morgan fingerprint density at radius 3 is 2.75 bits per heavy atom. The first-order valence-corrected chi connectivity index (χ1v) is 8.87. The van der Waals surface area contributed by atoms with Crippen molar-refractivity contribution < 1.29 is 9.53 Å². The molecule has 2 aromatic carbocycles. The highest BCUT2D eigenvalue weighted by molar-refractivity contribution is 9.10. The van der Waals surface area contributed by atoms with Gasteiger partial charge < -0.3 is 4.74 Å². The summed E-state index contributed by atoms with van der Waals surface area (Å²) in [5, 5.41) is 12.3. The second-order valence-corrected chi connectivity index (χ2v) is 6.99. The molecule has 1 N–H and O–H groups in total. The van der Waals surface area contributed by atoms with Crippen LogP contribution in [0.2, 0.25) is 5.02 Å². The zero-order valence-corrected chi connectivity index (χ0v) is 15.4. The predicted octanol–water partition coefficient (Wildman–Crippen LogP) is 5.37. The molecule has 1 aromatic heterocycles. The van der Waals surface area contributed by atoms with Gasteiger partial charge in [0, 0.05) is 15.1 Å². The number of ether oxygens (including phenoxy) is 1. The molecule has 0 spiro atoms. The zero-order chi connectivity index (χ0) is 16.9. The molecule has 0 atom stereocenters. The van der Waals surface area contributed by atoms with E-state index >= 15 is 0 Å². The third-order valence-electron chi connectivity index (χ3n) is 3.01. The van der Waals surface area contributed by atoms with E-state index in [4.69, 9.17) is 16.3 Å². The second kappa shape index (κ2) is 7.74. The predicted molar refractivity (Wildman–Crippen MR) is 98.3 cm³/mol. The highest BCUT2D eigenvalue weighted by Crippen LogP contribution is 2.33. The number of rotatable bonds is 4. The number of nitrogens with zero attached hydrogens (tertiary/aromatic N) is 2. The normalized spacial score (nSPS) is 10.4. The van der Waals surface area contributed by atoms with Crippen molar-refractivity contribution >= 4 is 50.1 Å². The highest BCUT2D eigenvalue weighted by Gasteiger charge is 2.13. The molecular weight excluding hydrogens is 414 g/mol. The number of carbonyl (C=O) groups excluding carboxylic acids is 1. The molecule has 0 saturated carbocycles. The topological polar surface area (TPSA) is 64.1 Å². The van der Waals surface area contributed by atoms with Crippen LogP contribution < -0.4 is 5.32 Å². The van der Waals surface area contributed by atoms with Gasteiger partial charge in [0.25, 0.3) is 0 Å². The number of aromatic nitrogens is 2. The second-order valence-electron chi connectivity index (χ2n) is 4.72. The summed E-state index contributed by atoms with van der Waals surface area (Å²) in [4.78, 5) is 11.8. The quantitative estimate of drug-likeness (QED) is 0.611. The van der Waals surface area contributed by atoms with Gasteiger partial charge in [-0.3, -0.25) is 5.32 Å². The van der Waals surface area contributed by atoms with E-state index in [1.165, 1.54) is 11.3 Å². The van der Waals surface area contributed by atoms with Crippen molar-refractivity contribution in [3.63, 3.8) is 0 Å². The van der Waals surface area contributed by atoms with E-state index in [0.29, 0.717) is 15.2 Å². The van der Waals surface area contributed by atoms with Crippen LogP contribution in [-0.2, 0) is 11.3 Å². The summed E-state index contributed by atoms with van der Waals surface area (Å²) in [7, 11) is 0. The molecule has 3 rings (SSSR count). The number of hydrogen-bond donors (Lipinski definition) is 1. The fourth-order valence-corrected chi connectivity index (χ4v) is 3.66. The summed E-state index contributed by atoms with van der Waals surface area (Å²) in [5.74, 6) is 0. The molecule has 0 aliphatic rings. The van der Waals surface area contributed by atoms with Gasteiger partial charge in [-0.25, -0.2) is 4.79 Å². The van der Waals surface area contributed by atoms with Gasteiger partial charge in [-0.1, -0.05) is 69.2 Å². The van der Waals surface area contributed by atoms with Gasteiger partial charge in [0.2, 0.25) is 5.13 Å². The van der Waals surface area contributed by atoms with Crippen molar-refractivity contribution in [3.8, 4) is 10.6 Å². The molecule has 122 valence electrons. The van der Waals surface area contributed by atoms with Crippen LogP contribution in [0, 0.1) is 0 Å². The zero-order valence-electron chi connectivity index (χ0n) is 12.2. The maximum absolute atomic E-state index is 11.8. The van der Waals surface area contributed by atoms with Crippen molar-refractivity contribution in [1.29, 1.82) is 0 Å². The first kappa shape index (κ1) is 16.9. The van der Waals surface area contributed by atoms with Gasteiger partial charge in [0.05, 0.1) is 0 Å². The van der Waals surface area contributed by atoms with Crippen molar-refractivity contribution in [3.05, 3.63) is 63.6 Å². The molecular formula is C16H11BrClN3O2S. The number of amides is 1. The minimum absolute atomic E-state index is 0.196. The summed E-state index contributed by atoms with van der Waals surface area (Å²) in [5.41, 5.74) is 1.76. The largest absolute Gasteiger partial charge is 0.444 e. The van der Waals surface area contributed by atoms with E-state index < -0.39 is 6.09 Å². The van der Waals surface area contributed by atoms with E-state index in [9.17, 15) is 4.79 Å². The Bertz CT molecular complexity index is 858. The van der Waals surface area contributed by atoms with E-state index in [1.54, 1.807) is 12.1 Å². The van der Waals surface area contributed by atoms with Crippen LogP contribution in [-0.4, -0.2) is 16.3 Å². The molecule has 0 radical (unpaired) electrons. The molecule has 0 fully saturated rings. The van der Waals surface area contributed by atoms with Crippen molar-refractivity contribution in [2.24, 2.45) is 0 Å². The van der Waals surface area contributed by atoms with Crippen LogP contribution in [0.3, 0.4) is 0 Å². The lowest BCUT2D eigenvalue weighted by atomic mass is 10.2. The van der Waals surface area contributed by atoms with Crippen LogP contribution in [0.5, 0.6) is 0 Å². The Morgan fingerprint density at radius 2 is 2.00 bits per heavy atom. The summed E-state index contributed by atoms with van der Waals surface area (Å²) < 4.78 is 5.96. The number of anilines is 1. The average Bonchev–Trinajstić information content (AvgIpc) is 3.02. The van der Waals surface area contributed by atoms with Crippen LogP contribution in [0.1, 0.15) is 5.56 Å². The minimum Gasteiger partial charge on any atom is -0.444 e. The smallest absolute Gasteiger partial charge is 0.413 e. The number of halogens is 2. The van der Waals surface area contributed by atoms with Gasteiger partial charge in [0.15, 0.2) is 5.01 Å². The third kappa shape index (κ3) is 4.31. The SMILES string of the molecule is O=C(Nc1nnc(-c2ccc(Cl)cc2Br)s1)OCc1ccccc1. The van der Waals surface area contributed by atoms with Crippen LogP contribution in [0.15, 0.2) is 53.0 Å². The van der Waals surface area contributed by atoms with Gasteiger partial charge in [0.1, 0.15) is 6.61 Å². The molecule has 0 aliphatic carbocycles. The van der Waals surface area contributed by atoms with Crippen LogP contribution in [0.25, 0.3) is 10.6 Å². The monoisotopic (exact) mass is 423 g/mol. The number of hydrogen-bond acceptors (Lipinski definition) is 5. The first-order valence-electron chi connectivity index (χ1n) is 6.88. The Morgan fingerprint density at radius 1 is 1.21 bits per heavy atom. The van der Waals surface area contributed by atoms with E-state index in [1.807, 2.05) is 36.4 Å². The van der Waals surface area contributed by atoms with Gasteiger partial charge in [-0.05, 0) is 23.8 Å². The Hall–Kier alpha value is -1.96. The van der Waals surface area contributed by atoms with Crippen LogP contribution >= 0.6 is 38.9 Å². The third-order valence-corrected chi connectivity index (χ3v) is 4.77. The number of carbonyl (C=O) groups is 1. The lowest BCUT2D eigenvalue weighted by Crippen LogP contribution is -2.13. The molecule has 24 heavy (non-hydrogen) atoms. The lowest BCUT2D eigenvalue weighted by molar-refractivity contribution is 0.155. The number of nitrogens with one attached hydrogen (secondary N) is 1. The number of benzene rings is 2. The summed E-state index contributed by atoms with van der Waals surface area (Å²) >= 11 is 10.6. The molecule has 0 bridgehead atoms. The molecule has 3 aromatic rings. The molecule has 1 heterocycles. The van der Waals surface area contributed by atoms with Gasteiger partial charge >= 0.3 is 6.09 Å². The first-order chi connectivity index (χ1) is 11.6. The fourth-order valence-electron chi connectivity index (χ4n) is 1.89. The molecule has 1 amide bonds. The maximum atomic E-state index is 11.8. The highest BCUT2D eigenvalue weighted by atomic mass is 79.9. The summed E-state index contributed by atoms with van der Waals surface area (Å²) in [6.07, 6.45) is -0.572. The van der Waals surface area contributed by atoms with E-state index in [2.05, 4.69) is 31.4 Å². The molecule has 0 saturated heterocycles. The summed E-state index contributed by atoms with van der Waals surface area (Å²) in [6.45, 7) is 0.196. The Balaban J connectivity index is 1.62. The van der Waals surface area contributed by atoms with Crippen molar-refractivity contribution in [1.82, 2.24) is 10.2 Å². The van der Waals surface area contributed by atoms with E-state index in [0.717, 1.165) is 15.6 Å².